The third kappa shape index (κ3) is 3.17. The molecule has 1 aromatic carbocycles. The van der Waals surface area contributed by atoms with Crippen molar-refractivity contribution in [3.63, 3.8) is 0 Å². The fourth-order valence-electron chi connectivity index (χ4n) is 1.66. The summed E-state index contributed by atoms with van der Waals surface area (Å²) in [6.45, 7) is 3.81. The lowest BCUT2D eigenvalue weighted by molar-refractivity contribution is 0.679. The molecule has 0 saturated heterocycles. The first-order valence-electron chi connectivity index (χ1n) is 5.51. The van der Waals surface area contributed by atoms with Crippen molar-refractivity contribution in [1.29, 1.82) is 0 Å². The molecule has 0 aliphatic carbocycles. The number of hydrogen-bond donors (Lipinski definition) is 1. The van der Waals surface area contributed by atoms with Gasteiger partial charge < -0.3 is 5.32 Å². The minimum atomic E-state index is 0.814. The van der Waals surface area contributed by atoms with Gasteiger partial charge in [0.1, 0.15) is 0 Å². The van der Waals surface area contributed by atoms with E-state index in [-0.39, 0.29) is 0 Å². The van der Waals surface area contributed by atoms with E-state index in [1.54, 1.807) is 0 Å². The van der Waals surface area contributed by atoms with Crippen LogP contribution in [0.4, 0.5) is 0 Å². The summed E-state index contributed by atoms with van der Waals surface area (Å²) in [5.41, 5.74) is 3.70. The molecule has 16 heavy (non-hydrogen) atoms. The summed E-state index contributed by atoms with van der Waals surface area (Å²) in [4.78, 5) is 4.26. The van der Waals surface area contributed by atoms with Crippen molar-refractivity contribution in [2.24, 2.45) is 0 Å². The largest absolute Gasteiger partial charge is 0.307 e. The van der Waals surface area contributed by atoms with Crippen LogP contribution < -0.4 is 5.32 Å². The van der Waals surface area contributed by atoms with Gasteiger partial charge >= 0.3 is 0 Å². The van der Waals surface area contributed by atoms with Crippen LogP contribution in [0.2, 0.25) is 0 Å². The number of hydrogen-bond acceptors (Lipinski definition) is 2. The number of benzene rings is 1. The van der Waals surface area contributed by atoms with Gasteiger partial charge in [-0.3, -0.25) is 4.98 Å². The smallest absolute Gasteiger partial charge is 0.0541 e. The molecule has 0 aliphatic heterocycles. The Balaban J connectivity index is 1.85. The average molecular weight is 212 g/mol. The van der Waals surface area contributed by atoms with Crippen LogP contribution in [0.1, 0.15) is 16.8 Å². The average Bonchev–Trinajstić information content (AvgIpc) is 2.30. The van der Waals surface area contributed by atoms with Crippen LogP contribution in [-0.4, -0.2) is 4.98 Å². The van der Waals surface area contributed by atoms with Crippen molar-refractivity contribution in [1.82, 2.24) is 10.3 Å². The minimum absolute atomic E-state index is 0.814. The molecule has 0 radical (unpaired) electrons. The molecule has 1 heterocycles. The molecule has 2 aromatic rings. The van der Waals surface area contributed by atoms with E-state index < -0.39 is 0 Å². The first-order valence-corrected chi connectivity index (χ1v) is 5.51. The van der Waals surface area contributed by atoms with E-state index in [4.69, 9.17) is 0 Å². The Morgan fingerprint density at radius 1 is 1.06 bits per heavy atom. The molecule has 0 spiro atoms. The highest BCUT2D eigenvalue weighted by atomic mass is 14.9. The Morgan fingerprint density at radius 3 is 2.75 bits per heavy atom. The summed E-state index contributed by atoms with van der Waals surface area (Å²) in [5, 5.41) is 3.38. The number of rotatable bonds is 4. The van der Waals surface area contributed by atoms with Gasteiger partial charge in [-0.1, -0.05) is 35.9 Å². The zero-order valence-electron chi connectivity index (χ0n) is 9.48. The molecule has 0 bridgehead atoms. The van der Waals surface area contributed by atoms with Crippen molar-refractivity contribution in [3.8, 4) is 0 Å². The molecule has 2 rings (SSSR count). The van der Waals surface area contributed by atoms with E-state index >= 15 is 0 Å². The fraction of sp³-hybridized carbons (Fsp3) is 0.214. The van der Waals surface area contributed by atoms with Crippen molar-refractivity contribution < 1.29 is 0 Å². The zero-order valence-corrected chi connectivity index (χ0v) is 9.48. The summed E-state index contributed by atoms with van der Waals surface area (Å²) >= 11 is 0. The third-order valence-electron chi connectivity index (χ3n) is 2.44. The standard InChI is InChI=1S/C14H16N2/c1-12-5-4-6-13(9-12)10-15-11-14-7-2-3-8-16-14/h2-9,15H,10-11H2,1H3. The van der Waals surface area contributed by atoms with Crippen LogP contribution in [0.5, 0.6) is 0 Å². The fourth-order valence-corrected chi connectivity index (χ4v) is 1.66. The highest BCUT2D eigenvalue weighted by Gasteiger charge is 1.94. The number of aromatic nitrogens is 1. The zero-order chi connectivity index (χ0) is 11.2. The molecule has 0 unspecified atom stereocenters. The predicted molar refractivity (Wildman–Crippen MR) is 66.0 cm³/mol. The molecule has 2 heteroatoms. The SMILES string of the molecule is Cc1cccc(CNCc2ccccn2)c1. The first-order chi connectivity index (χ1) is 7.84. The summed E-state index contributed by atoms with van der Waals surface area (Å²) in [6.07, 6.45) is 1.82. The van der Waals surface area contributed by atoms with E-state index in [2.05, 4.69) is 41.5 Å². The van der Waals surface area contributed by atoms with E-state index in [0.29, 0.717) is 0 Å². The van der Waals surface area contributed by atoms with Crippen LogP contribution in [0, 0.1) is 6.92 Å². The van der Waals surface area contributed by atoms with Crippen molar-refractivity contribution >= 4 is 0 Å². The van der Waals surface area contributed by atoms with Gasteiger partial charge in [-0.2, -0.15) is 0 Å². The van der Waals surface area contributed by atoms with E-state index in [1.165, 1.54) is 11.1 Å². The highest BCUT2D eigenvalue weighted by molar-refractivity contribution is 5.22. The normalized spacial score (nSPS) is 10.3. The van der Waals surface area contributed by atoms with Gasteiger partial charge in [-0.05, 0) is 24.6 Å². The number of pyridine rings is 1. The monoisotopic (exact) mass is 212 g/mol. The molecular weight excluding hydrogens is 196 g/mol. The molecule has 1 aromatic heterocycles. The van der Waals surface area contributed by atoms with Crippen LogP contribution in [0.3, 0.4) is 0 Å². The molecule has 82 valence electrons. The van der Waals surface area contributed by atoms with Gasteiger partial charge in [0, 0.05) is 19.3 Å². The molecule has 0 aliphatic rings. The molecular formula is C14H16N2. The second-order valence-corrected chi connectivity index (χ2v) is 3.91. The Kier molecular flexibility index (Phi) is 3.67. The summed E-state index contributed by atoms with van der Waals surface area (Å²) in [5.74, 6) is 0. The number of aryl methyl sites for hydroxylation is 1. The van der Waals surface area contributed by atoms with Gasteiger partial charge in [0.2, 0.25) is 0 Å². The van der Waals surface area contributed by atoms with E-state index in [9.17, 15) is 0 Å². The maximum Gasteiger partial charge on any atom is 0.0541 e. The van der Waals surface area contributed by atoms with Crippen molar-refractivity contribution in [2.45, 2.75) is 20.0 Å². The Hall–Kier alpha value is -1.67. The van der Waals surface area contributed by atoms with E-state index in [1.807, 2.05) is 24.4 Å². The highest BCUT2D eigenvalue weighted by Crippen LogP contribution is 2.03. The van der Waals surface area contributed by atoms with Gasteiger partial charge in [-0.15, -0.1) is 0 Å². The van der Waals surface area contributed by atoms with Crippen LogP contribution in [0.25, 0.3) is 0 Å². The summed E-state index contributed by atoms with van der Waals surface area (Å²) < 4.78 is 0. The Bertz CT molecular complexity index is 437. The lowest BCUT2D eigenvalue weighted by Crippen LogP contribution is -2.13. The second-order valence-electron chi connectivity index (χ2n) is 3.91. The Labute approximate surface area is 96.4 Å². The maximum atomic E-state index is 4.26. The molecule has 1 N–H and O–H groups in total. The second kappa shape index (κ2) is 5.42. The third-order valence-corrected chi connectivity index (χ3v) is 2.44. The molecule has 0 atom stereocenters. The van der Waals surface area contributed by atoms with Gasteiger partial charge in [0.25, 0.3) is 0 Å². The van der Waals surface area contributed by atoms with Gasteiger partial charge in [0.05, 0.1) is 5.69 Å². The molecule has 0 fully saturated rings. The number of nitrogens with zero attached hydrogens (tertiary/aromatic N) is 1. The minimum Gasteiger partial charge on any atom is -0.307 e. The van der Waals surface area contributed by atoms with E-state index in [0.717, 1.165) is 18.8 Å². The topological polar surface area (TPSA) is 24.9 Å². The Morgan fingerprint density at radius 2 is 2.00 bits per heavy atom. The lowest BCUT2D eigenvalue weighted by atomic mass is 10.1. The maximum absolute atomic E-state index is 4.26. The predicted octanol–water partition coefficient (Wildman–Crippen LogP) is 2.68. The van der Waals surface area contributed by atoms with Crippen molar-refractivity contribution in [3.05, 3.63) is 65.5 Å². The number of nitrogens with one attached hydrogen (secondary N) is 1. The summed E-state index contributed by atoms with van der Waals surface area (Å²) in [7, 11) is 0. The molecule has 0 saturated carbocycles. The lowest BCUT2D eigenvalue weighted by Gasteiger charge is -2.05. The molecule has 0 amide bonds. The molecule has 2 nitrogen and oxygen atoms in total. The quantitative estimate of drug-likeness (QED) is 0.842. The van der Waals surface area contributed by atoms with Crippen LogP contribution in [0.15, 0.2) is 48.7 Å². The van der Waals surface area contributed by atoms with Crippen LogP contribution >= 0.6 is 0 Å². The summed E-state index contributed by atoms with van der Waals surface area (Å²) in [6, 6.07) is 14.5. The van der Waals surface area contributed by atoms with Crippen molar-refractivity contribution in [2.75, 3.05) is 0 Å². The van der Waals surface area contributed by atoms with Crippen LogP contribution in [-0.2, 0) is 13.1 Å². The van der Waals surface area contributed by atoms with Gasteiger partial charge in [0.15, 0.2) is 0 Å². The first kappa shape index (κ1) is 10.8. The van der Waals surface area contributed by atoms with Gasteiger partial charge in [-0.25, -0.2) is 0 Å².